The Bertz CT molecular complexity index is 486. The number of aromatic nitrogens is 1. The average Bonchev–Trinajstić information content (AvgIpc) is 2.85. The van der Waals surface area contributed by atoms with Gasteiger partial charge in [-0.3, -0.25) is 4.79 Å². The number of rotatable bonds is 4. The van der Waals surface area contributed by atoms with Gasteiger partial charge >= 0.3 is 0 Å². The first kappa shape index (κ1) is 12.7. The van der Waals surface area contributed by atoms with E-state index in [1.807, 2.05) is 0 Å². The lowest BCUT2D eigenvalue weighted by atomic mass is 10.1. The van der Waals surface area contributed by atoms with Gasteiger partial charge in [-0.25, -0.2) is 9.37 Å². The lowest BCUT2D eigenvalue weighted by molar-refractivity contribution is 0.0948. The van der Waals surface area contributed by atoms with Crippen molar-refractivity contribution in [3.05, 3.63) is 41.2 Å². The Morgan fingerprint density at radius 3 is 3.00 bits per heavy atom. The molecule has 1 aromatic heterocycles. The van der Waals surface area contributed by atoms with E-state index in [1.54, 1.807) is 0 Å². The quantitative estimate of drug-likeness (QED) is 0.661. The molecule has 0 aromatic carbocycles. The minimum atomic E-state index is -1.25. The van der Waals surface area contributed by atoms with Crippen molar-refractivity contribution in [3.8, 4) is 0 Å². The van der Waals surface area contributed by atoms with Crippen LogP contribution in [0.3, 0.4) is 0 Å². The van der Waals surface area contributed by atoms with Crippen LogP contribution in [0.25, 0.3) is 0 Å². The van der Waals surface area contributed by atoms with Crippen LogP contribution in [0.5, 0.6) is 0 Å². The first-order valence-electron chi connectivity index (χ1n) is 5.94. The zero-order valence-electron chi connectivity index (χ0n) is 9.88. The average molecular weight is 252 g/mol. The number of hydrogen-bond acceptors (Lipinski definition) is 2. The Hall–Kier alpha value is -1.78. The van der Waals surface area contributed by atoms with Gasteiger partial charge in [0.05, 0.1) is 5.56 Å². The van der Waals surface area contributed by atoms with Crippen molar-refractivity contribution in [3.63, 3.8) is 0 Å². The van der Waals surface area contributed by atoms with E-state index in [-0.39, 0.29) is 5.56 Å². The fraction of sp³-hybridized carbons (Fsp3) is 0.385. The van der Waals surface area contributed by atoms with E-state index in [0.717, 1.165) is 31.9 Å². The van der Waals surface area contributed by atoms with Crippen LogP contribution in [-0.4, -0.2) is 17.4 Å². The SMILES string of the molecule is O=C(NCCC1=CCCC1)c1ccnc(F)c1F. The maximum absolute atomic E-state index is 13.3. The number of nitrogens with one attached hydrogen (secondary N) is 1. The summed E-state index contributed by atoms with van der Waals surface area (Å²) < 4.78 is 26.1. The Morgan fingerprint density at radius 2 is 2.28 bits per heavy atom. The van der Waals surface area contributed by atoms with Crippen LogP contribution in [-0.2, 0) is 0 Å². The molecule has 0 saturated carbocycles. The van der Waals surface area contributed by atoms with Gasteiger partial charge < -0.3 is 5.32 Å². The van der Waals surface area contributed by atoms with Crippen LogP contribution in [0, 0.1) is 11.8 Å². The van der Waals surface area contributed by atoms with Crippen LogP contribution < -0.4 is 5.32 Å². The van der Waals surface area contributed by atoms with Gasteiger partial charge in [0.15, 0.2) is 5.82 Å². The number of halogens is 2. The van der Waals surface area contributed by atoms with Gasteiger partial charge in [-0.2, -0.15) is 4.39 Å². The highest BCUT2D eigenvalue weighted by Crippen LogP contribution is 2.19. The molecule has 0 aliphatic heterocycles. The molecule has 1 aliphatic carbocycles. The van der Waals surface area contributed by atoms with Crippen molar-refractivity contribution < 1.29 is 13.6 Å². The standard InChI is InChI=1S/C13H14F2N2O/c14-11-10(6-8-16-12(11)15)13(18)17-7-5-9-3-1-2-4-9/h3,6,8H,1-2,4-5,7H2,(H,17,18). The number of amides is 1. The molecule has 0 atom stereocenters. The predicted molar refractivity (Wildman–Crippen MR) is 63.0 cm³/mol. The monoisotopic (exact) mass is 252 g/mol. The van der Waals surface area contributed by atoms with Crippen LogP contribution in [0.15, 0.2) is 23.9 Å². The summed E-state index contributed by atoms with van der Waals surface area (Å²) in [5.74, 6) is -3.05. The van der Waals surface area contributed by atoms with Gasteiger partial charge in [-0.15, -0.1) is 0 Å². The van der Waals surface area contributed by atoms with Crippen molar-refractivity contribution in [1.82, 2.24) is 10.3 Å². The smallest absolute Gasteiger partial charge is 0.254 e. The van der Waals surface area contributed by atoms with Gasteiger partial charge in [0.25, 0.3) is 5.91 Å². The van der Waals surface area contributed by atoms with Crippen molar-refractivity contribution in [2.24, 2.45) is 0 Å². The second-order valence-electron chi connectivity index (χ2n) is 4.22. The molecule has 96 valence electrons. The first-order valence-corrected chi connectivity index (χ1v) is 5.94. The van der Waals surface area contributed by atoms with E-state index in [4.69, 9.17) is 0 Å². The zero-order valence-corrected chi connectivity index (χ0v) is 9.88. The maximum Gasteiger partial charge on any atom is 0.254 e. The number of carbonyl (C=O) groups excluding carboxylic acids is 1. The molecule has 0 bridgehead atoms. The molecule has 1 amide bonds. The summed E-state index contributed by atoms with van der Waals surface area (Å²) in [5, 5.41) is 2.58. The minimum Gasteiger partial charge on any atom is -0.352 e. The van der Waals surface area contributed by atoms with E-state index in [0.29, 0.717) is 6.54 Å². The summed E-state index contributed by atoms with van der Waals surface area (Å²) in [7, 11) is 0. The lowest BCUT2D eigenvalue weighted by Gasteiger charge is -2.06. The summed E-state index contributed by atoms with van der Waals surface area (Å²) in [6.45, 7) is 0.439. The van der Waals surface area contributed by atoms with Crippen LogP contribution in [0.1, 0.15) is 36.0 Å². The highest BCUT2D eigenvalue weighted by atomic mass is 19.2. The Balaban J connectivity index is 1.89. The molecule has 0 radical (unpaired) electrons. The number of hydrogen-bond donors (Lipinski definition) is 1. The summed E-state index contributed by atoms with van der Waals surface area (Å²) in [5.41, 5.74) is 1.01. The first-order chi connectivity index (χ1) is 8.68. The van der Waals surface area contributed by atoms with E-state index < -0.39 is 17.7 Å². The molecule has 1 aliphatic rings. The Kier molecular flexibility index (Phi) is 4.02. The molecular weight excluding hydrogens is 238 g/mol. The molecule has 1 heterocycles. The van der Waals surface area contributed by atoms with Gasteiger partial charge in [0.2, 0.25) is 5.95 Å². The normalized spacial score (nSPS) is 14.4. The zero-order chi connectivity index (χ0) is 13.0. The van der Waals surface area contributed by atoms with Gasteiger partial charge in [0.1, 0.15) is 0 Å². The van der Waals surface area contributed by atoms with Gasteiger partial charge in [-0.05, 0) is 31.7 Å². The largest absolute Gasteiger partial charge is 0.352 e. The van der Waals surface area contributed by atoms with Crippen molar-refractivity contribution in [1.29, 1.82) is 0 Å². The second-order valence-corrected chi connectivity index (χ2v) is 4.22. The fourth-order valence-electron chi connectivity index (χ4n) is 1.99. The molecule has 3 nitrogen and oxygen atoms in total. The van der Waals surface area contributed by atoms with E-state index in [2.05, 4.69) is 16.4 Å². The highest BCUT2D eigenvalue weighted by Gasteiger charge is 2.15. The number of allylic oxidation sites excluding steroid dienone is 1. The van der Waals surface area contributed by atoms with Crippen molar-refractivity contribution in [2.45, 2.75) is 25.7 Å². The number of pyridine rings is 1. The molecule has 2 rings (SSSR count). The molecule has 0 spiro atoms. The second kappa shape index (κ2) is 5.71. The molecule has 0 unspecified atom stereocenters. The van der Waals surface area contributed by atoms with Crippen LogP contribution in [0.2, 0.25) is 0 Å². The molecule has 5 heteroatoms. The Labute approximate surface area is 104 Å². The van der Waals surface area contributed by atoms with Crippen molar-refractivity contribution in [2.75, 3.05) is 6.54 Å². The van der Waals surface area contributed by atoms with Crippen LogP contribution in [0.4, 0.5) is 8.78 Å². The summed E-state index contributed by atoms with van der Waals surface area (Å²) in [6, 6.07) is 1.17. The van der Waals surface area contributed by atoms with E-state index >= 15 is 0 Å². The van der Waals surface area contributed by atoms with Gasteiger partial charge in [0, 0.05) is 12.7 Å². The number of carbonyl (C=O) groups is 1. The summed E-state index contributed by atoms with van der Waals surface area (Å²) in [4.78, 5) is 14.8. The van der Waals surface area contributed by atoms with Gasteiger partial charge in [-0.1, -0.05) is 11.6 Å². The third kappa shape index (κ3) is 2.91. The lowest BCUT2D eigenvalue weighted by Crippen LogP contribution is -2.26. The molecule has 1 aromatic rings. The predicted octanol–water partition coefficient (Wildman–Crippen LogP) is 2.59. The maximum atomic E-state index is 13.3. The highest BCUT2D eigenvalue weighted by molar-refractivity contribution is 5.94. The topological polar surface area (TPSA) is 42.0 Å². The molecule has 1 N–H and O–H groups in total. The Morgan fingerprint density at radius 1 is 1.44 bits per heavy atom. The summed E-state index contributed by atoms with van der Waals surface area (Å²) in [6.07, 6.45) is 7.32. The third-order valence-corrected chi connectivity index (χ3v) is 2.96. The van der Waals surface area contributed by atoms with E-state index in [9.17, 15) is 13.6 Å². The van der Waals surface area contributed by atoms with Crippen molar-refractivity contribution >= 4 is 5.91 Å². The molecular formula is C13H14F2N2O. The molecule has 0 fully saturated rings. The number of nitrogens with zero attached hydrogens (tertiary/aromatic N) is 1. The third-order valence-electron chi connectivity index (χ3n) is 2.96. The molecule has 18 heavy (non-hydrogen) atoms. The fourth-order valence-corrected chi connectivity index (χ4v) is 1.99. The van der Waals surface area contributed by atoms with Crippen LogP contribution >= 0.6 is 0 Å². The minimum absolute atomic E-state index is 0.303. The summed E-state index contributed by atoms with van der Waals surface area (Å²) >= 11 is 0. The van der Waals surface area contributed by atoms with E-state index in [1.165, 1.54) is 11.6 Å². The molecule has 0 saturated heterocycles.